The molecule has 0 aromatic heterocycles. The molecule has 5 heteroatoms. The van der Waals surface area contributed by atoms with Crippen molar-refractivity contribution >= 4 is 17.6 Å². The van der Waals surface area contributed by atoms with Gasteiger partial charge in [-0.2, -0.15) is 0 Å². The van der Waals surface area contributed by atoms with Crippen LogP contribution >= 0.6 is 0 Å². The average Bonchev–Trinajstić information content (AvgIpc) is 2.49. The summed E-state index contributed by atoms with van der Waals surface area (Å²) in [5.74, 6) is 0.0955. The molecule has 5 nitrogen and oxygen atoms in total. The summed E-state index contributed by atoms with van der Waals surface area (Å²) >= 11 is 0. The van der Waals surface area contributed by atoms with E-state index in [1.54, 1.807) is 4.90 Å². The lowest BCUT2D eigenvalue weighted by Gasteiger charge is -2.24. The van der Waals surface area contributed by atoms with E-state index in [2.05, 4.69) is 4.74 Å². The number of amides is 1. The number of hydrogen-bond acceptors (Lipinski definition) is 4. The summed E-state index contributed by atoms with van der Waals surface area (Å²) in [5.41, 5.74) is 7.58. The molecule has 0 bridgehead atoms. The molecule has 0 unspecified atom stereocenters. The topological polar surface area (TPSA) is 72.6 Å². The van der Waals surface area contributed by atoms with E-state index in [9.17, 15) is 9.59 Å². The van der Waals surface area contributed by atoms with Crippen molar-refractivity contribution < 1.29 is 14.3 Å². The van der Waals surface area contributed by atoms with Crippen molar-refractivity contribution in [2.75, 3.05) is 25.9 Å². The molecule has 2 N–H and O–H groups in total. The van der Waals surface area contributed by atoms with Crippen LogP contribution in [0.2, 0.25) is 0 Å². The maximum Gasteiger partial charge on any atom is 0.307 e. The minimum absolute atomic E-state index is 0.0425. The van der Waals surface area contributed by atoms with Crippen molar-refractivity contribution in [1.82, 2.24) is 4.90 Å². The number of carbonyl (C=O) groups excluding carboxylic acids is 2. The van der Waals surface area contributed by atoms with Gasteiger partial charge < -0.3 is 15.4 Å². The molecule has 0 aliphatic carbocycles. The molecule has 1 amide bonds. The minimum atomic E-state index is -0.297. The van der Waals surface area contributed by atoms with Gasteiger partial charge in [0.05, 0.1) is 13.5 Å². The summed E-state index contributed by atoms with van der Waals surface area (Å²) in [6, 6.07) is 7.56. The standard InChI is InChI=1S/C17H26N2O3/c1-13(2)12-19(11-10-17(21)22-3)16(20)9-8-14-6-4-5-7-15(14)18/h4-7,13H,8-12,18H2,1-3H3. The van der Waals surface area contributed by atoms with Gasteiger partial charge in [0.1, 0.15) is 0 Å². The Hall–Kier alpha value is -2.04. The molecule has 0 radical (unpaired) electrons. The normalized spacial score (nSPS) is 10.5. The summed E-state index contributed by atoms with van der Waals surface area (Å²) in [6.45, 7) is 5.13. The molecule has 0 saturated heterocycles. The Bertz CT molecular complexity index is 500. The second kappa shape index (κ2) is 9.07. The Balaban J connectivity index is 2.59. The SMILES string of the molecule is COC(=O)CCN(CC(C)C)C(=O)CCc1ccccc1N. The van der Waals surface area contributed by atoms with Gasteiger partial charge in [-0.25, -0.2) is 0 Å². The zero-order valence-corrected chi connectivity index (χ0v) is 13.7. The number of anilines is 1. The van der Waals surface area contributed by atoms with Crippen LogP contribution in [0.25, 0.3) is 0 Å². The molecule has 0 saturated carbocycles. The summed E-state index contributed by atoms with van der Waals surface area (Å²) < 4.78 is 4.64. The number of ether oxygens (including phenoxy) is 1. The van der Waals surface area contributed by atoms with Crippen molar-refractivity contribution in [3.63, 3.8) is 0 Å². The van der Waals surface area contributed by atoms with Crippen molar-refractivity contribution in [3.8, 4) is 0 Å². The zero-order valence-electron chi connectivity index (χ0n) is 13.7. The number of aryl methyl sites for hydroxylation is 1. The third kappa shape index (κ3) is 6.16. The molecule has 22 heavy (non-hydrogen) atoms. The number of hydrogen-bond donors (Lipinski definition) is 1. The number of carbonyl (C=O) groups is 2. The fourth-order valence-corrected chi connectivity index (χ4v) is 2.25. The minimum Gasteiger partial charge on any atom is -0.469 e. The molecule has 0 aliphatic rings. The number of esters is 1. The van der Waals surface area contributed by atoms with Crippen LogP contribution in [0, 0.1) is 5.92 Å². The number of nitrogen functional groups attached to an aromatic ring is 1. The first kappa shape index (κ1) is 18.0. The maximum atomic E-state index is 12.4. The Kier molecular flexibility index (Phi) is 7.43. The quantitative estimate of drug-likeness (QED) is 0.590. The predicted octanol–water partition coefficient (Wildman–Crippen LogP) is 2.25. The van der Waals surface area contributed by atoms with Crippen LogP contribution in [0.5, 0.6) is 0 Å². The average molecular weight is 306 g/mol. The first-order chi connectivity index (χ1) is 10.4. The molecule has 1 aromatic carbocycles. The van der Waals surface area contributed by atoms with Crippen LogP contribution in [0.4, 0.5) is 5.69 Å². The van der Waals surface area contributed by atoms with Gasteiger partial charge in [0.15, 0.2) is 0 Å². The van der Waals surface area contributed by atoms with Crippen molar-refractivity contribution in [2.24, 2.45) is 5.92 Å². The monoisotopic (exact) mass is 306 g/mol. The summed E-state index contributed by atoms with van der Waals surface area (Å²) in [6.07, 6.45) is 1.23. The first-order valence-electron chi connectivity index (χ1n) is 7.62. The van der Waals surface area contributed by atoms with Crippen LogP contribution < -0.4 is 5.73 Å². The summed E-state index contributed by atoms with van der Waals surface area (Å²) in [5, 5.41) is 0. The number of benzene rings is 1. The Morgan fingerprint density at radius 2 is 1.91 bits per heavy atom. The van der Waals surface area contributed by atoms with E-state index in [0.717, 1.165) is 5.56 Å². The van der Waals surface area contributed by atoms with E-state index in [1.807, 2.05) is 38.1 Å². The second-order valence-electron chi connectivity index (χ2n) is 5.76. The Labute approximate surface area is 132 Å². The Morgan fingerprint density at radius 3 is 2.50 bits per heavy atom. The van der Waals surface area contributed by atoms with E-state index in [0.29, 0.717) is 37.5 Å². The molecule has 0 atom stereocenters. The smallest absolute Gasteiger partial charge is 0.307 e. The summed E-state index contributed by atoms with van der Waals surface area (Å²) in [7, 11) is 1.36. The molecular formula is C17H26N2O3. The predicted molar refractivity (Wildman–Crippen MR) is 87.2 cm³/mol. The van der Waals surface area contributed by atoms with Gasteiger partial charge in [-0.05, 0) is 24.0 Å². The van der Waals surface area contributed by atoms with Crippen LogP contribution in [0.3, 0.4) is 0 Å². The van der Waals surface area contributed by atoms with Crippen LogP contribution in [0.1, 0.15) is 32.3 Å². The zero-order chi connectivity index (χ0) is 16.5. The molecule has 1 rings (SSSR count). The molecule has 0 fully saturated rings. The van der Waals surface area contributed by atoms with E-state index >= 15 is 0 Å². The second-order valence-corrected chi connectivity index (χ2v) is 5.76. The maximum absolute atomic E-state index is 12.4. The third-order valence-corrected chi connectivity index (χ3v) is 3.42. The fourth-order valence-electron chi connectivity index (χ4n) is 2.25. The van der Waals surface area contributed by atoms with Gasteiger partial charge in [-0.1, -0.05) is 32.0 Å². The largest absolute Gasteiger partial charge is 0.469 e. The highest BCUT2D eigenvalue weighted by Gasteiger charge is 2.16. The van der Waals surface area contributed by atoms with Crippen molar-refractivity contribution in [2.45, 2.75) is 33.1 Å². The van der Waals surface area contributed by atoms with Gasteiger partial charge >= 0.3 is 5.97 Å². The third-order valence-electron chi connectivity index (χ3n) is 3.42. The van der Waals surface area contributed by atoms with Gasteiger partial charge in [-0.3, -0.25) is 9.59 Å². The van der Waals surface area contributed by atoms with E-state index < -0.39 is 0 Å². The highest BCUT2D eigenvalue weighted by Crippen LogP contribution is 2.14. The number of rotatable bonds is 8. The number of nitrogens with two attached hydrogens (primary N) is 1. The van der Waals surface area contributed by atoms with Crippen LogP contribution in [0.15, 0.2) is 24.3 Å². The lowest BCUT2D eigenvalue weighted by molar-refractivity contribution is -0.141. The molecular weight excluding hydrogens is 280 g/mol. The number of nitrogens with zero attached hydrogens (tertiary/aromatic N) is 1. The summed E-state index contributed by atoms with van der Waals surface area (Å²) in [4.78, 5) is 25.4. The molecule has 0 heterocycles. The Morgan fingerprint density at radius 1 is 1.23 bits per heavy atom. The van der Waals surface area contributed by atoms with Gasteiger partial charge in [0, 0.05) is 25.2 Å². The van der Waals surface area contributed by atoms with Crippen LogP contribution in [-0.2, 0) is 20.7 Å². The highest BCUT2D eigenvalue weighted by molar-refractivity contribution is 5.77. The van der Waals surface area contributed by atoms with Gasteiger partial charge in [0.25, 0.3) is 0 Å². The van der Waals surface area contributed by atoms with E-state index in [1.165, 1.54) is 7.11 Å². The first-order valence-corrected chi connectivity index (χ1v) is 7.62. The highest BCUT2D eigenvalue weighted by atomic mass is 16.5. The number of methoxy groups -OCH3 is 1. The molecule has 0 aliphatic heterocycles. The fraction of sp³-hybridized carbons (Fsp3) is 0.529. The van der Waals surface area contributed by atoms with Crippen molar-refractivity contribution in [3.05, 3.63) is 29.8 Å². The molecule has 0 spiro atoms. The molecule has 1 aromatic rings. The van der Waals surface area contributed by atoms with Gasteiger partial charge in [0.2, 0.25) is 5.91 Å². The van der Waals surface area contributed by atoms with E-state index in [-0.39, 0.29) is 18.3 Å². The lowest BCUT2D eigenvalue weighted by Crippen LogP contribution is -2.36. The molecule has 122 valence electrons. The van der Waals surface area contributed by atoms with E-state index in [4.69, 9.17) is 5.73 Å². The lowest BCUT2D eigenvalue weighted by atomic mass is 10.1. The van der Waals surface area contributed by atoms with Crippen LogP contribution in [-0.4, -0.2) is 37.0 Å². The van der Waals surface area contributed by atoms with Crippen molar-refractivity contribution in [1.29, 1.82) is 0 Å². The number of para-hydroxylation sites is 1. The van der Waals surface area contributed by atoms with Gasteiger partial charge in [-0.15, -0.1) is 0 Å².